The molecule has 1 heterocycles. The van der Waals surface area contributed by atoms with Gasteiger partial charge in [-0.25, -0.2) is 0 Å². The van der Waals surface area contributed by atoms with Gasteiger partial charge in [0.05, 0.1) is 19.6 Å². The van der Waals surface area contributed by atoms with Gasteiger partial charge in [-0.3, -0.25) is 4.79 Å². The number of carbonyl (C=O) groups is 1. The fourth-order valence-corrected chi connectivity index (χ4v) is 2.03. The number of rotatable bonds is 4. The molecule has 0 saturated carbocycles. The van der Waals surface area contributed by atoms with Gasteiger partial charge in [0.2, 0.25) is 0 Å². The normalized spacial score (nSPS) is 24.9. The highest BCUT2D eigenvalue weighted by atomic mass is 16.5. The van der Waals surface area contributed by atoms with Gasteiger partial charge in [-0.1, -0.05) is 0 Å². The Hall–Kier alpha value is -0.610. The molecule has 4 nitrogen and oxygen atoms in total. The van der Waals surface area contributed by atoms with Crippen molar-refractivity contribution >= 4 is 5.97 Å². The number of hydrogen-bond acceptors (Lipinski definition) is 4. The van der Waals surface area contributed by atoms with Crippen LogP contribution in [-0.2, 0) is 14.3 Å². The lowest BCUT2D eigenvalue weighted by molar-refractivity contribution is -0.149. The van der Waals surface area contributed by atoms with Crippen molar-refractivity contribution < 1.29 is 14.3 Å². The molecule has 0 N–H and O–H groups in total. The zero-order valence-electron chi connectivity index (χ0n) is 9.16. The predicted octanol–water partition coefficient (Wildman–Crippen LogP) is 0.374. The molecule has 1 aliphatic rings. The van der Waals surface area contributed by atoms with Crippen LogP contribution in [0.2, 0.25) is 0 Å². The van der Waals surface area contributed by atoms with Crippen LogP contribution in [0, 0.1) is 11.8 Å². The van der Waals surface area contributed by atoms with Crippen LogP contribution in [-0.4, -0.2) is 51.8 Å². The molecule has 0 bridgehead atoms. The Balaban J connectivity index is 2.53. The van der Waals surface area contributed by atoms with E-state index in [-0.39, 0.29) is 11.9 Å². The van der Waals surface area contributed by atoms with E-state index in [1.54, 1.807) is 7.11 Å². The third kappa shape index (κ3) is 2.69. The largest absolute Gasteiger partial charge is 0.469 e. The summed E-state index contributed by atoms with van der Waals surface area (Å²) in [5.41, 5.74) is 0. The van der Waals surface area contributed by atoms with Gasteiger partial charge in [-0.15, -0.1) is 0 Å². The SMILES string of the molecule is COCC(C(=O)OC)C1CCN(C)C1. The third-order valence-corrected chi connectivity index (χ3v) is 2.85. The first-order valence-corrected chi connectivity index (χ1v) is 4.94. The summed E-state index contributed by atoms with van der Waals surface area (Å²) in [4.78, 5) is 13.7. The second-order valence-corrected chi connectivity index (χ2v) is 3.90. The molecular weight excluding hydrogens is 182 g/mol. The Bertz CT molecular complexity index is 196. The fraction of sp³-hybridized carbons (Fsp3) is 0.900. The number of esters is 1. The summed E-state index contributed by atoms with van der Waals surface area (Å²) < 4.78 is 9.83. The van der Waals surface area contributed by atoms with Crippen LogP contribution < -0.4 is 0 Å². The average Bonchev–Trinajstić information content (AvgIpc) is 2.60. The first-order chi connectivity index (χ1) is 6.69. The van der Waals surface area contributed by atoms with E-state index >= 15 is 0 Å². The molecule has 2 atom stereocenters. The minimum Gasteiger partial charge on any atom is -0.469 e. The van der Waals surface area contributed by atoms with Crippen molar-refractivity contribution in [1.82, 2.24) is 4.90 Å². The van der Waals surface area contributed by atoms with Gasteiger partial charge in [0, 0.05) is 13.7 Å². The third-order valence-electron chi connectivity index (χ3n) is 2.85. The van der Waals surface area contributed by atoms with Crippen molar-refractivity contribution in [2.45, 2.75) is 6.42 Å². The lowest BCUT2D eigenvalue weighted by atomic mass is 9.92. The lowest BCUT2D eigenvalue weighted by Crippen LogP contribution is -2.30. The highest BCUT2D eigenvalue weighted by Crippen LogP contribution is 2.24. The van der Waals surface area contributed by atoms with Crippen LogP contribution in [0.4, 0.5) is 0 Å². The molecule has 0 spiro atoms. The molecule has 1 aliphatic heterocycles. The van der Waals surface area contributed by atoms with Crippen molar-refractivity contribution in [3.05, 3.63) is 0 Å². The molecule has 0 radical (unpaired) electrons. The molecule has 2 unspecified atom stereocenters. The molecule has 82 valence electrons. The van der Waals surface area contributed by atoms with Gasteiger partial charge in [-0.2, -0.15) is 0 Å². The molecule has 0 aliphatic carbocycles. The summed E-state index contributed by atoms with van der Waals surface area (Å²) in [6.07, 6.45) is 1.06. The maximum absolute atomic E-state index is 11.5. The molecule has 0 aromatic heterocycles. The van der Waals surface area contributed by atoms with Crippen LogP contribution in [0.25, 0.3) is 0 Å². The molecule has 0 amide bonds. The Morgan fingerprint density at radius 1 is 1.57 bits per heavy atom. The molecule has 0 aromatic carbocycles. The van der Waals surface area contributed by atoms with Gasteiger partial charge in [0.15, 0.2) is 0 Å². The van der Waals surface area contributed by atoms with Crippen LogP contribution >= 0.6 is 0 Å². The van der Waals surface area contributed by atoms with E-state index in [1.165, 1.54) is 7.11 Å². The van der Waals surface area contributed by atoms with Crippen LogP contribution in [0.15, 0.2) is 0 Å². The van der Waals surface area contributed by atoms with Gasteiger partial charge < -0.3 is 14.4 Å². The van der Waals surface area contributed by atoms with Crippen LogP contribution in [0.5, 0.6) is 0 Å². The number of nitrogens with zero attached hydrogens (tertiary/aromatic N) is 1. The molecular formula is C10H19NO3. The van der Waals surface area contributed by atoms with Crippen molar-refractivity contribution in [1.29, 1.82) is 0 Å². The van der Waals surface area contributed by atoms with Crippen molar-refractivity contribution in [3.63, 3.8) is 0 Å². The minimum absolute atomic E-state index is 0.102. The van der Waals surface area contributed by atoms with E-state index in [0.717, 1.165) is 19.5 Å². The summed E-state index contributed by atoms with van der Waals surface area (Å²) in [6, 6.07) is 0. The summed E-state index contributed by atoms with van der Waals surface area (Å²) in [6.45, 7) is 2.48. The number of methoxy groups -OCH3 is 2. The summed E-state index contributed by atoms with van der Waals surface area (Å²) in [5.74, 6) is 0.134. The summed E-state index contributed by atoms with van der Waals surface area (Å²) in [5, 5.41) is 0. The van der Waals surface area contributed by atoms with Gasteiger partial charge >= 0.3 is 5.97 Å². The first kappa shape index (κ1) is 11.5. The Labute approximate surface area is 85.2 Å². The minimum atomic E-state index is -0.146. The molecule has 1 fully saturated rings. The number of ether oxygens (including phenoxy) is 2. The Morgan fingerprint density at radius 3 is 2.71 bits per heavy atom. The van der Waals surface area contributed by atoms with E-state index in [4.69, 9.17) is 9.47 Å². The molecule has 1 saturated heterocycles. The van der Waals surface area contributed by atoms with Crippen LogP contribution in [0.3, 0.4) is 0 Å². The standard InChI is InChI=1S/C10H19NO3/c1-11-5-4-8(6-11)9(7-13-2)10(12)14-3/h8-9H,4-7H2,1-3H3. The maximum Gasteiger partial charge on any atom is 0.311 e. The van der Waals surface area contributed by atoms with Gasteiger partial charge in [-0.05, 0) is 25.9 Å². The Kier molecular flexibility index (Phi) is 4.35. The van der Waals surface area contributed by atoms with Gasteiger partial charge in [0.25, 0.3) is 0 Å². The highest BCUT2D eigenvalue weighted by Gasteiger charge is 2.33. The predicted molar refractivity (Wildman–Crippen MR) is 53.0 cm³/mol. The quantitative estimate of drug-likeness (QED) is 0.616. The lowest BCUT2D eigenvalue weighted by Gasteiger charge is -2.20. The Morgan fingerprint density at radius 2 is 2.29 bits per heavy atom. The van der Waals surface area contributed by atoms with E-state index in [0.29, 0.717) is 12.5 Å². The molecule has 1 rings (SSSR count). The second kappa shape index (κ2) is 5.32. The molecule has 4 heteroatoms. The smallest absolute Gasteiger partial charge is 0.311 e. The number of likely N-dealkylation sites (tertiary alicyclic amines) is 1. The summed E-state index contributed by atoms with van der Waals surface area (Å²) >= 11 is 0. The first-order valence-electron chi connectivity index (χ1n) is 4.94. The zero-order chi connectivity index (χ0) is 10.6. The maximum atomic E-state index is 11.5. The molecule has 0 aromatic rings. The van der Waals surface area contributed by atoms with Crippen molar-refractivity contribution in [2.24, 2.45) is 11.8 Å². The van der Waals surface area contributed by atoms with E-state index < -0.39 is 0 Å². The average molecular weight is 201 g/mol. The zero-order valence-corrected chi connectivity index (χ0v) is 9.16. The van der Waals surface area contributed by atoms with E-state index in [9.17, 15) is 4.79 Å². The van der Waals surface area contributed by atoms with Gasteiger partial charge in [0.1, 0.15) is 0 Å². The monoisotopic (exact) mass is 201 g/mol. The van der Waals surface area contributed by atoms with Crippen molar-refractivity contribution in [2.75, 3.05) is 41.0 Å². The molecule has 14 heavy (non-hydrogen) atoms. The number of carbonyl (C=O) groups excluding carboxylic acids is 1. The highest BCUT2D eigenvalue weighted by molar-refractivity contribution is 5.72. The second-order valence-electron chi connectivity index (χ2n) is 3.90. The fourth-order valence-electron chi connectivity index (χ4n) is 2.03. The number of hydrogen-bond donors (Lipinski definition) is 0. The van der Waals surface area contributed by atoms with E-state index in [1.807, 2.05) is 0 Å². The summed E-state index contributed by atoms with van der Waals surface area (Å²) in [7, 11) is 5.12. The topological polar surface area (TPSA) is 38.8 Å². The van der Waals surface area contributed by atoms with Crippen molar-refractivity contribution in [3.8, 4) is 0 Å². The van der Waals surface area contributed by atoms with E-state index in [2.05, 4.69) is 11.9 Å². The van der Waals surface area contributed by atoms with Crippen LogP contribution in [0.1, 0.15) is 6.42 Å².